The van der Waals surface area contributed by atoms with E-state index in [2.05, 4.69) is 14.9 Å². The van der Waals surface area contributed by atoms with Crippen LogP contribution in [-0.2, 0) is 9.84 Å². The highest BCUT2D eigenvalue weighted by Gasteiger charge is 2.25. The fraction of sp³-hybridized carbons (Fsp3) is 0.538. The molecule has 1 saturated heterocycles. The van der Waals surface area contributed by atoms with Gasteiger partial charge in [-0.3, -0.25) is 0 Å². The summed E-state index contributed by atoms with van der Waals surface area (Å²) < 4.78 is 22.9. The number of hydrogen-bond acceptors (Lipinski definition) is 7. The molecule has 1 atom stereocenters. The van der Waals surface area contributed by atoms with Crippen LogP contribution < -0.4 is 10.6 Å². The number of sulfone groups is 1. The van der Waals surface area contributed by atoms with E-state index in [4.69, 9.17) is 5.73 Å². The Morgan fingerprint density at radius 3 is 3.05 bits per heavy atom. The van der Waals surface area contributed by atoms with Crippen molar-refractivity contribution >= 4 is 43.2 Å². The van der Waals surface area contributed by atoms with Gasteiger partial charge in [-0.1, -0.05) is 0 Å². The van der Waals surface area contributed by atoms with Crippen molar-refractivity contribution in [2.75, 3.05) is 35.7 Å². The second-order valence-corrected chi connectivity index (χ2v) is 8.67. The Morgan fingerprint density at radius 1 is 1.48 bits per heavy atom. The Morgan fingerprint density at radius 2 is 2.29 bits per heavy atom. The molecule has 3 rings (SSSR count). The van der Waals surface area contributed by atoms with Crippen LogP contribution in [0.5, 0.6) is 0 Å². The van der Waals surface area contributed by atoms with E-state index < -0.39 is 9.84 Å². The van der Waals surface area contributed by atoms with E-state index in [1.54, 1.807) is 0 Å². The van der Waals surface area contributed by atoms with Gasteiger partial charge in [-0.05, 0) is 30.2 Å². The van der Waals surface area contributed by atoms with Crippen molar-refractivity contribution in [3.05, 3.63) is 11.4 Å². The van der Waals surface area contributed by atoms with Crippen LogP contribution in [0.2, 0.25) is 0 Å². The van der Waals surface area contributed by atoms with Crippen LogP contribution in [0.15, 0.2) is 11.4 Å². The van der Waals surface area contributed by atoms with Gasteiger partial charge >= 0.3 is 0 Å². The molecule has 3 heterocycles. The first-order valence-corrected chi connectivity index (χ1v) is 9.80. The third-order valence-corrected chi connectivity index (χ3v) is 5.57. The summed E-state index contributed by atoms with van der Waals surface area (Å²) in [4.78, 5) is 11.9. The average Bonchev–Trinajstić information content (AvgIpc) is 2.86. The number of nitrogens with zero attached hydrogens (tertiary/aromatic N) is 3. The molecule has 0 saturated carbocycles. The first-order valence-electron chi connectivity index (χ1n) is 6.86. The van der Waals surface area contributed by atoms with E-state index in [9.17, 15) is 8.42 Å². The van der Waals surface area contributed by atoms with Crippen molar-refractivity contribution in [2.45, 2.75) is 12.8 Å². The van der Waals surface area contributed by atoms with Crippen molar-refractivity contribution in [2.24, 2.45) is 5.92 Å². The minimum atomic E-state index is -2.95. The van der Waals surface area contributed by atoms with E-state index in [0.717, 1.165) is 29.6 Å². The molecular formula is C13H18N4O2S2. The SMILES string of the molecule is CS(=O)(=O)CC1CCCN(c2nc(N)c3ccsc3n2)C1. The minimum Gasteiger partial charge on any atom is -0.383 e. The van der Waals surface area contributed by atoms with Gasteiger partial charge in [0.25, 0.3) is 0 Å². The van der Waals surface area contributed by atoms with Gasteiger partial charge in [-0.15, -0.1) is 11.3 Å². The second kappa shape index (κ2) is 5.42. The molecule has 0 aromatic carbocycles. The fourth-order valence-electron chi connectivity index (χ4n) is 2.82. The summed E-state index contributed by atoms with van der Waals surface area (Å²) in [5, 5.41) is 2.83. The van der Waals surface area contributed by atoms with Crippen molar-refractivity contribution < 1.29 is 8.42 Å². The Bertz CT molecular complexity index is 757. The molecule has 1 aliphatic heterocycles. The zero-order chi connectivity index (χ0) is 15.0. The Kier molecular flexibility index (Phi) is 3.75. The molecule has 2 N–H and O–H groups in total. The molecule has 1 unspecified atom stereocenters. The zero-order valence-corrected chi connectivity index (χ0v) is 13.5. The molecule has 6 nitrogen and oxygen atoms in total. The molecule has 114 valence electrons. The minimum absolute atomic E-state index is 0.137. The molecule has 21 heavy (non-hydrogen) atoms. The summed E-state index contributed by atoms with van der Waals surface area (Å²) in [6, 6.07) is 1.92. The van der Waals surface area contributed by atoms with Crippen molar-refractivity contribution in [1.82, 2.24) is 9.97 Å². The molecule has 8 heteroatoms. The molecule has 1 aliphatic rings. The molecule has 0 aliphatic carbocycles. The van der Waals surface area contributed by atoms with Crippen LogP contribution in [0.4, 0.5) is 11.8 Å². The van der Waals surface area contributed by atoms with Gasteiger partial charge in [-0.2, -0.15) is 4.98 Å². The van der Waals surface area contributed by atoms with Crippen LogP contribution in [-0.4, -0.2) is 43.5 Å². The van der Waals surface area contributed by atoms with Gasteiger partial charge in [0.1, 0.15) is 20.5 Å². The standard InChI is InChI=1S/C13H18N4O2S2/c1-21(18,19)8-9-3-2-5-17(7-9)13-15-11(14)10-4-6-20-12(10)16-13/h4,6,9H,2-3,5,7-8H2,1H3,(H2,14,15,16). The lowest BCUT2D eigenvalue weighted by Gasteiger charge is -2.32. The van der Waals surface area contributed by atoms with Crippen LogP contribution >= 0.6 is 11.3 Å². The van der Waals surface area contributed by atoms with E-state index in [1.165, 1.54) is 17.6 Å². The Hall–Kier alpha value is -1.41. The van der Waals surface area contributed by atoms with Crippen LogP contribution in [0.3, 0.4) is 0 Å². The maximum Gasteiger partial charge on any atom is 0.228 e. The Labute approximate surface area is 127 Å². The van der Waals surface area contributed by atoms with E-state index in [1.807, 2.05) is 11.4 Å². The molecular weight excluding hydrogens is 308 g/mol. The van der Waals surface area contributed by atoms with Gasteiger partial charge in [0.2, 0.25) is 5.95 Å². The first kappa shape index (κ1) is 14.5. The van der Waals surface area contributed by atoms with Crippen molar-refractivity contribution in [1.29, 1.82) is 0 Å². The quantitative estimate of drug-likeness (QED) is 0.920. The average molecular weight is 326 g/mol. The van der Waals surface area contributed by atoms with Gasteiger partial charge in [0.05, 0.1) is 11.1 Å². The smallest absolute Gasteiger partial charge is 0.228 e. The third-order valence-electron chi connectivity index (χ3n) is 3.68. The second-order valence-electron chi connectivity index (χ2n) is 5.59. The summed E-state index contributed by atoms with van der Waals surface area (Å²) in [7, 11) is -2.95. The maximum absolute atomic E-state index is 11.5. The molecule has 0 amide bonds. The van der Waals surface area contributed by atoms with E-state index >= 15 is 0 Å². The summed E-state index contributed by atoms with van der Waals surface area (Å²) in [6.45, 7) is 1.51. The lowest BCUT2D eigenvalue weighted by Crippen LogP contribution is -2.39. The predicted molar refractivity (Wildman–Crippen MR) is 86.5 cm³/mol. The highest BCUT2D eigenvalue weighted by molar-refractivity contribution is 7.90. The lowest BCUT2D eigenvalue weighted by atomic mass is 10.0. The number of fused-ring (bicyclic) bond motifs is 1. The topological polar surface area (TPSA) is 89.2 Å². The number of nitrogens with two attached hydrogens (primary N) is 1. The van der Waals surface area contributed by atoms with Crippen LogP contribution in [0.25, 0.3) is 10.2 Å². The monoisotopic (exact) mass is 326 g/mol. The van der Waals surface area contributed by atoms with Crippen molar-refractivity contribution in [3.63, 3.8) is 0 Å². The van der Waals surface area contributed by atoms with E-state index in [-0.39, 0.29) is 11.7 Å². The molecule has 1 fully saturated rings. The molecule has 0 radical (unpaired) electrons. The number of anilines is 2. The van der Waals surface area contributed by atoms with Gasteiger partial charge < -0.3 is 10.6 Å². The van der Waals surface area contributed by atoms with Crippen LogP contribution in [0, 0.1) is 5.92 Å². The molecule has 2 aromatic rings. The third kappa shape index (κ3) is 3.26. The number of piperidine rings is 1. The predicted octanol–water partition coefficient (Wildman–Crippen LogP) is 1.53. The number of thiophene rings is 1. The highest BCUT2D eigenvalue weighted by Crippen LogP contribution is 2.28. The zero-order valence-electron chi connectivity index (χ0n) is 11.8. The van der Waals surface area contributed by atoms with E-state index in [0.29, 0.717) is 18.3 Å². The van der Waals surface area contributed by atoms with Gasteiger partial charge in [-0.25, -0.2) is 13.4 Å². The normalized spacial score (nSPS) is 20.0. The number of hydrogen-bond donors (Lipinski definition) is 1. The molecule has 0 bridgehead atoms. The first-order chi connectivity index (χ1) is 9.92. The molecule has 0 spiro atoms. The number of rotatable bonds is 3. The summed E-state index contributed by atoms with van der Waals surface area (Å²) in [6.07, 6.45) is 3.17. The summed E-state index contributed by atoms with van der Waals surface area (Å²) in [5.41, 5.74) is 5.98. The van der Waals surface area contributed by atoms with Gasteiger partial charge in [0, 0.05) is 19.3 Å². The largest absolute Gasteiger partial charge is 0.383 e. The van der Waals surface area contributed by atoms with Crippen LogP contribution in [0.1, 0.15) is 12.8 Å². The summed E-state index contributed by atoms with van der Waals surface area (Å²) >= 11 is 1.54. The Balaban J connectivity index is 1.84. The highest BCUT2D eigenvalue weighted by atomic mass is 32.2. The van der Waals surface area contributed by atoms with Gasteiger partial charge in [0.15, 0.2) is 0 Å². The fourth-order valence-corrected chi connectivity index (χ4v) is 4.71. The maximum atomic E-state index is 11.5. The molecule has 2 aromatic heterocycles. The summed E-state index contributed by atoms with van der Waals surface area (Å²) in [5.74, 6) is 1.46. The number of aromatic nitrogens is 2. The van der Waals surface area contributed by atoms with Crippen molar-refractivity contribution in [3.8, 4) is 0 Å². The lowest BCUT2D eigenvalue weighted by molar-refractivity contribution is 0.440. The number of nitrogen functional groups attached to an aromatic ring is 1.